The average molecular weight is 298 g/mol. The summed E-state index contributed by atoms with van der Waals surface area (Å²) in [6, 6.07) is 12.6. The summed E-state index contributed by atoms with van der Waals surface area (Å²) in [6.07, 6.45) is -0.725. The summed E-state index contributed by atoms with van der Waals surface area (Å²) in [5, 5.41) is 11.4. The Hall–Kier alpha value is -2.87. The number of nitrogens with zero attached hydrogens (tertiary/aromatic N) is 1. The Balaban J connectivity index is 2.01. The first-order chi connectivity index (χ1) is 10.5. The normalized spacial score (nSPS) is 11.4. The van der Waals surface area contributed by atoms with Gasteiger partial charge in [0.1, 0.15) is 11.6 Å². The van der Waals surface area contributed by atoms with Crippen LogP contribution < -0.4 is 10.1 Å². The third kappa shape index (κ3) is 3.83. The van der Waals surface area contributed by atoms with E-state index in [0.29, 0.717) is 22.6 Å². The number of halogens is 1. The van der Waals surface area contributed by atoms with Gasteiger partial charge in [0, 0.05) is 5.69 Å². The highest BCUT2D eigenvalue weighted by atomic mass is 19.1. The van der Waals surface area contributed by atoms with E-state index in [-0.39, 0.29) is 11.7 Å². The van der Waals surface area contributed by atoms with Gasteiger partial charge in [-0.3, -0.25) is 4.79 Å². The summed E-state index contributed by atoms with van der Waals surface area (Å²) in [5.74, 6) is -0.186. The van der Waals surface area contributed by atoms with Gasteiger partial charge in [0.15, 0.2) is 6.10 Å². The van der Waals surface area contributed by atoms with Crippen LogP contribution in [0.4, 0.5) is 10.1 Å². The number of hydrogen-bond donors (Lipinski definition) is 1. The SMILES string of the molecule is Cc1cc(F)ccc1NC(=O)[C@@H](C)Oc1ccc(C#N)cc1. The van der Waals surface area contributed by atoms with E-state index in [4.69, 9.17) is 10.00 Å². The van der Waals surface area contributed by atoms with Gasteiger partial charge in [0.25, 0.3) is 5.91 Å². The number of nitrogens with one attached hydrogen (secondary N) is 1. The Morgan fingerprint density at radius 3 is 2.55 bits per heavy atom. The van der Waals surface area contributed by atoms with E-state index in [1.54, 1.807) is 38.1 Å². The fourth-order valence-electron chi connectivity index (χ4n) is 1.87. The van der Waals surface area contributed by atoms with Crippen LogP contribution in [0.2, 0.25) is 0 Å². The highest BCUT2D eigenvalue weighted by molar-refractivity contribution is 5.94. The number of ether oxygens (including phenoxy) is 1. The molecular formula is C17H15FN2O2. The second kappa shape index (κ2) is 6.72. The van der Waals surface area contributed by atoms with Crippen molar-refractivity contribution in [1.82, 2.24) is 0 Å². The van der Waals surface area contributed by atoms with Crippen LogP contribution in [-0.2, 0) is 4.79 Å². The number of anilines is 1. The zero-order valence-corrected chi connectivity index (χ0v) is 12.3. The number of carbonyl (C=O) groups is 1. The maximum atomic E-state index is 13.0. The number of hydrogen-bond acceptors (Lipinski definition) is 3. The second-order valence-electron chi connectivity index (χ2n) is 4.84. The van der Waals surface area contributed by atoms with E-state index < -0.39 is 6.10 Å². The van der Waals surface area contributed by atoms with Gasteiger partial charge < -0.3 is 10.1 Å². The number of rotatable bonds is 4. The van der Waals surface area contributed by atoms with Crippen LogP contribution in [0.1, 0.15) is 18.1 Å². The molecule has 0 aliphatic heterocycles. The number of carbonyl (C=O) groups excluding carboxylic acids is 1. The van der Waals surface area contributed by atoms with E-state index in [2.05, 4.69) is 5.32 Å². The van der Waals surface area contributed by atoms with Crippen LogP contribution >= 0.6 is 0 Å². The molecule has 2 aromatic carbocycles. The summed E-state index contributed by atoms with van der Waals surface area (Å²) in [7, 11) is 0. The van der Waals surface area contributed by atoms with Crippen molar-refractivity contribution in [3.8, 4) is 11.8 Å². The largest absolute Gasteiger partial charge is 0.481 e. The highest BCUT2D eigenvalue weighted by Crippen LogP contribution is 2.17. The summed E-state index contributed by atoms with van der Waals surface area (Å²) in [5.41, 5.74) is 1.70. The Morgan fingerprint density at radius 2 is 1.95 bits per heavy atom. The van der Waals surface area contributed by atoms with Crippen LogP contribution in [-0.4, -0.2) is 12.0 Å². The predicted molar refractivity (Wildman–Crippen MR) is 81.0 cm³/mol. The molecule has 22 heavy (non-hydrogen) atoms. The van der Waals surface area contributed by atoms with Crippen LogP contribution in [0.15, 0.2) is 42.5 Å². The Kier molecular flexibility index (Phi) is 4.74. The molecule has 0 saturated heterocycles. The molecule has 0 heterocycles. The number of benzene rings is 2. The Morgan fingerprint density at radius 1 is 1.27 bits per heavy atom. The van der Waals surface area contributed by atoms with Gasteiger partial charge in [-0.1, -0.05) is 0 Å². The lowest BCUT2D eigenvalue weighted by molar-refractivity contribution is -0.122. The summed E-state index contributed by atoms with van der Waals surface area (Å²) < 4.78 is 18.5. The molecule has 2 aromatic rings. The third-order valence-electron chi connectivity index (χ3n) is 3.11. The molecular weight excluding hydrogens is 283 g/mol. The summed E-state index contributed by atoms with van der Waals surface area (Å²) >= 11 is 0. The zero-order valence-electron chi connectivity index (χ0n) is 12.3. The first-order valence-corrected chi connectivity index (χ1v) is 6.73. The smallest absolute Gasteiger partial charge is 0.265 e. The topological polar surface area (TPSA) is 62.1 Å². The highest BCUT2D eigenvalue weighted by Gasteiger charge is 2.15. The van der Waals surface area contributed by atoms with Gasteiger partial charge in [-0.15, -0.1) is 0 Å². The molecule has 0 bridgehead atoms. The molecule has 0 radical (unpaired) electrons. The molecule has 0 saturated carbocycles. The molecule has 0 aliphatic carbocycles. The van der Waals surface area contributed by atoms with Crippen molar-refractivity contribution in [2.75, 3.05) is 5.32 Å². The quantitative estimate of drug-likeness (QED) is 0.940. The maximum Gasteiger partial charge on any atom is 0.265 e. The average Bonchev–Trinajstić information content (AvgIpc) is 2.50. The van der Waals surface area contributed by atoms with E-state index in [0.717, 1.165) is 0 Å². The molecule has 1 amide bonds. The summed E-state index contributed by atoms with van der Waals surface area (Å²) in [4.78, 5) is 12.1. The Labute approximate surface area is 128 Å². The predicted octanol–water partition coefficient (Wildman–Crippen LogP) is 3.41. The lowest BCUT2D eigenvalue weighted by Crippen LogP contribution is -2.30. The zero-order chi connectivity index (χ0) is 16.1. The fourth-order valence-corrected chi connectivity index (χ4v) is 1.87. The van der Waals surface area contributed by atoms with Gasteiger partial charge in [-0.2, -0.15) is 5.26 Å². The number of amides is 1. The van der Waals surface area contributed by atoms with Crippen LogP contribution in [0, 0.1) is 24.1 Å². The fraction of sp³-hybridized carbons (Fsp3) is 0.176. The van der Waals surface area contributed by atoms with Crippen molar-refractivity contribution in [3.63, 3.8) is 0 Å². The van der Waals surface area contributed by atoms with Crippen LogP contribution in [0.3, 0.4) is 0 Å². The van der Waals surface area contributed by atoms with E-state index >= 15 is 0 Å². The van der Waals surface area contributed by atoms with Crippen molar-refractivity contribution in [2.24, 2.45) is 0 Å². The molecule has 1 atom stereocenters. The van der Waals surface area contributed by atoms with Crippen LogP contribution in [0.5, 0.6) is 5.75 Å². The van der Waals surface area contributed by atoms with Crippen LogP contribution in [0.25, 0.3) is 0 Å². The van der Waals surface area contributed by atoms with Gasteiger partial charge in [0.2, 0.25) is 0 Å². The molecule has 0 fully saturated rings. The van der Waals surface area contributed by atoms with Gasteiger partial charge >= 0.3 is 0 Å². The lowest BCUT2D eigenvalue weighted by Gasteiger charge is -2.15. The van der Waals surface area contributed by atoms with E-state index in [1.165, 1.54) is 18.2 Å². The second-order valence-corrected chi connectivity index (χ2v) is 4.84. The van der Waals surface area contributed by atoms with Crippen molar-refractivity contribution >= 4 is 11.6 Å². The van der Waals surface area contributed by atoms with Crippen molar-refractivity contribution in [3.05, 3.63) is 59.4 Å². The van der Waals surface area contributed by atoms with Gasteiger partial charge in [-0.05, 0) is 61.9 Å². The molecule has 2 rings (SSSR count). The van der Waals surface area contributed by atoms with E-state index in [1.807, 2.05) is 6.07 Å². The first-order valence-electron chi connectivity index (χ1n) is 6.73. The molecule has 0 spiro atoms. The van der Waals surface area contributed by atoms with Crippen molar-refractivity contribution < 1.29 is 13.9 Å². The standard InChI is InChI=1S/C17H15FN2O2/c1-11-9-14(18)5-8-16(11)20-17(21)12(2)22-15-6-3-13(10-19)4-7-15/h3-9,12H,1-2H3,(H,20,21)/t12-/m1/s1. The molecule has 0 unspecified atom stereocenters. The van der Waals surface area contributed by atoms with Crippen molar-refractivity contribution in [2.45, 2.75) is 20.0 Å². The number of aryl methyl sites for hydroxylation is 1. The molecule has 1 N–H and O–H groups in total. The first kappa shape index (κ1) is 15.5. The minimum atomic E-state index is -0.725. The summed E-state index contributed by atoms with van der Waals surface area (Å²) in [6.45, 7) is 3.33. The minimum absolute atomic E-state index is 0.334. The molecule has 4 nitrogen and oxygen atoms in total. The Bertz CT molecular complexity index is 720. The molecule has 0 aliphatic rings. The molecule has 5 heteroatoms. The number of nitriles is 1. The van der Waals surface area contributed by atoms with Gasteiger partial charge in [-0.25, -0.2) is 4.39 Å². The minimum Gasteiger partial charge on any atom is -0.481 e. The third-order valence-corrected chi connectivity index (χ3v) is 3.11. The van der Waals surface area contributed by atoms with Crippen molar-refractivity contribution in [1.29, 1.82) is 5.26 Å². The lowest BCUT2D eigenvalue weighted by atomic mass is 10.2. The maximum absolute atomic E-state index is 13.0. The van der Waals surface area contributed by atoms with Gasteiger partial charge in [0.05, 0.1) is 11.6 Å². The monoisotopic (exact) mass is 298 g/mol. The molecule has 112 valence electrons. The molecule has 0 aromatic heterocycles. The van der Waals surface area contributed by atoms with E-state index in [9.17, 15) is 9.18 Å².